The van der Waals surface area contributed by atoms with Gasteiger partial charge in [0.05, 0.1) is 11.6 Å². The average Bonchev–Trinajstić information content (AvgIpc) is 3.49. The normalized spacial score (nSPS) is 15.6. The number of anilines is 1. The molecule has 0 saturated heterocycles. The van der Waals surface area contributed by atoms with Crippen molar-refractivity contribution in [1.82, 2.24) is 10.2 Å². The number of amides is 1. The number of carbonyl (C=O) groups excluding carboxylic acids is 2. The Hall–Kier alpha value is -3.72. The lowest BCUT2D eigenvalue weighted by Crippen LogP contribution is -2.30. The van der Waals surface area contributed by atoms with Crippen LogP contribution in [0, 0.1) is 6.92 Å². The maximum atomic E-state index is 13.4. The van der Waals surface area contributed by atoms with Gasteiger partial charge in [0.2, 0.25) is 5.13 Å². The van der Waals surface area contributed by atoms with Crippen LogP contribution in [0.2, 0.25) is 5.02 Å². The second kappa shape index (κ2) is 11.3. The first-order valence-corrected chi connectivity index (χ1v) is 13.9. The molecule has 0 saturated carbocycles. The first kappa shape index (κ1) is 25.9. The van der Waals surface area contributed by atoms with E-state index in [1.807, 2.05) is 37.3 Å². The molecule has 0 bridgehead atoms. The van der Waals surface area contributed by atoms with E-state index in [-0.39, 0.29) is 10.7 Å². The van der Waals surface area contributed by atoms with E-state index in [0.29, 0.717) is 20.7 Å². The molecule has 0 aliphatic carbocycles. The minimum Gasteiger partial charge on any atom is -0.503 e. The summed E-state index contributed by atoms with van der Waals surface area (Å²) in [7, 11) is 0. The van der Waals surface area contributed by atoms with Gasteiger partial charge in [0.1, 0.15) is 0 Å². The van der Waals surface area contributed by atoms with Crippen molar-refractivity contribution in [1.29, 1.82) is 0 Å². The number of aliphatic hydroxyl groups excluding tert-OH is 1. The van der Waals surface area contributed by atoms with Crippen LogP contribution in [0.15, 0.2) is 101 Å². The minimum absolute atomic E-state index is 0.0338. The summed E-state index contributed by atoms with van der Waals surface area (Å²) in [6, 6.07) is 23.5. The molecule has 0 spiro atoms. The highest BCUT2D eigenvalue weighted by Crippen LogP contribution is 2.43. The topological polar surface area (TPSA) is 83.4 Å². The van der Waals surface area contributed by atoms with Gasteiger partial charge in [-0.15, -0.1) is 10.2 Å². The van der Waals surface area contributed by atoms with E-state index in [4.69, 9.17) is 11.6 Å². The maximum Gasteiger partial charge on any atom is 0.296 e. The summed E-state index contributed by atoms with van der Waals surface area (Å²) in [5, 5.41) is 20.1. The van der Waals surface area contributed by atoms with Gasteiger partial charge < -0.3 is 5.11 Å². The molecule has 6 nitrogen and oxygen atoms in total. The zero-order valence-electron chi connectivity index (χ0n) is 20.2. The van der Waals surface area contributed by atoms with Crippen molar-refractivity contribution in [3.63, 3.8) is 0 Å². The number of rotatable bonds is 8. The van der Waals surface area contributed by atoms with Gasteiger partial charge in [0, 0.05) is 10.8 Å². The lowest BCUT2D eigenvalue weighted by Gasteiger charge is -2.23. The predicted molar refractivity (Wildman–Crippen MR) is 152 cm³/mol. The molecule has 2 heterocycles. The fraction of sp³-hybridized carbons (Fsp3) is 0.103. The fourth-order valence-corrected chi connectivity index (χ4v) is 6.08. The molecule has 190 valence electrons. The first-order valence-electron chi connectivity index (χ1n) is 11.7. The van der Waals surface area contributed by atoms with Gasteiger partial charge in [-0.1, -0.05) is 113 Å². The summed E-state index contributed by atoms with van der Waals surface area (Å²) in [5.41, 5.74) is 3.70. The van der Waals surface area contributed by atoms with E-state index in [1.165, 1.54) is 39.6 Å². The molecule has 5 rings (SSSR count). The molecule has 1 aliphatic rings. The molecule has 0 fully saturated rings. The fourth-order valence-electron chi connectivity index (χ4n) is 4.06. The van der Waals surface area contributed by atoms with Crippen LogP contribution < -0.4 is 4.90 Å². The SMILES string of the molecule is Cc1ccc(CSc2nnc(N3C(=O)C(O)=C(C(=O)/C=C/c4ccccc4)C3c3cccc(Cl)c3)s2)cc1. The number of carbonyl (C=O) groups is 2. The van der Waals surface area contributed by atoms with Crippen molar-refractivity contribution < 1.29 is 14.7 Å². The third-order valence-electron chi connectivity index (χ3n) is 5.95. The predicted octanol–water partition coefficient (Wildman–Crippen LogP) is 6.97. The Bertz CT molecular complexity index is 1550. The summed E-state index contributed by atoms with van der Waals surface area (Å²) >= 11 is 9.00. The molecule has 1 aromatic heterocycles. The Morgan fingerprint density at radius 2 is 1.84 bits per heavy atom. The lowest BCUT2D eigenvalue weighted by molar-refractivity contribution is -0.117. The zero-order chi connectivity index (χ0) is 26.6. The monoisotopic (exact) mass is 559 g/mol. The molecule has 1 N–H and O–H groups in total. The van der Waals surface area contributed by atoms with Crippen LogP contribution in [-0.4, -0.2) is 27.0 Å². The highest BCUT2D eigenvalue weighted by Gasteiger charge is 2.45. The Labute approximate surface area is 233 Å². The molecular weight excluding hydrogens is 538 g/mol. The van der Waals surface area contributed by atoms with Crippen LogP contribution in [0.25, 0.3) is 6.08 Å². The van der Waals surface area contributed by atoms with E-state index in [9.17, 15) is 14.7 Å². The van der Waals surface area contributed by atoms with E-state index < -0.39 is 23.5 Å². The highest BCUT2D eigenvalue weighted by molar-refractivity contribution is 8.00. The van der Waals surface area contributed by atoms with Gasteiger partial charge >= 0.3 is 0 Å². The molecule has 1 amide bonds. The molecular formula is C29H22ClN3O3S2. The van der Waals surface area contributed by atoms with Crippen LogP contribution in [0.1, 0.15) is 28.3 Å². The van der Waals surface area contributed by atoms with Crippen LogP contribution >= 0.6 is 34.7 Å². The van der Waals surface area contributed by atoms with Crippen molar-refractivity contribution in [3.8, 4) is 0 Å². The van der Waals surface area contributed by atoms with Crippen LogP contribution in [-0.2, 0) is 15.3 Å². The summed E-state index contributed by atoms with van der Waals surface area (Å²) in [4.78, 5) is 28.0. The molecule has 38 heavy (non-hydrogen) atoms. The number of allylic oxidation sites excluding steroid dienone is 1. The second-order valence-corrected chi connectivity index (χ2v) is 11.2. The number of thioether (sulfide) groups is 1. The summed E-state index contributed by atoms with van der Waals surface area (Å²) in [6.07, 6.45) is 3.01. The Morgan fingerprint density at radius 3 is 2.58 bits per heavy atom. The van der Waals surface area contributed by atoms with Crippen LogP contribution in [0.4, 0.5) is 5.13 Å². The van der Waals surface area contributed by atoms with Crippen molar-refractivity contribution in [3.05, 3.63) is 124 Å². The third kappa shape index (κ3) is 5.57. The molecule has 1 atom stereocenters. The van der Waals surface area contributed by atoms with E-state index in [0.717, 1.165) is 11.1 Å². The van der Waals surface area contributed by atoms with Crippen molar-refractivity contribution in [2.24, 2.45) is 0 Å². The molecule has 9 heteroatoms. The zero-order valence-corrected chi connectivity index (χ0v) is 22.6. The van der Waals surface area contributed by atoms with Gasteiger partial charge in [-0.25, -0.2) is 0 Å². The molecule has 0 radical (unpaired) electrons. The maximum absolute atomic E-state index is 13.4. The summed E-state index contributed by atoms with van der Waals surface area (Å²) in [6.45, 7) is 2.04. The van der Waals surface area contributed by atoms with Gasteiger partial charge in [-0.2, -0.15) is 0 Å². The van der Waals surface area contributed by atoms with Crippen molar-refractivity contribution in [2.45, 2.75) is 23.1 Å². The van der Waals surface area contributed by atoms with E-state index in [2.05, 4.69) is 34.5 Å². The summed E-state index contributed by atoms with van der Waals surface area (Å²) < 4.78 is 0.668. The Kier molecular flexibility index (Phi) is 7.74. The number of hydrogen-bond acceptors (Lipinski definition) is 7. The van der Waals surface area contributed by atoms with Gasteiger partial charge in [-0.05, 0) is 41.8 Å². The molecule has 3 aromatic carbocycles. The number of aliphatic hydroxyl groups is 1. The lowest BCUT2D eigenvalue weighted by atomic mass is 9.96. The minimum atomic E-state index is -0.906. The third-order valence-corrected chi connectivity index (χ3v) is 8.31. The van der Waals surface area contributed by atoms with Crippen LogP contribution in [0.3, 0.4) is 0 Å². The first-order chi connectivity index (χ1) is 18.4. The Balaban J connectivity index is 1.45. The molecule has 1 unspecified atom stereocenters. The van der Waals surface area contributed by atoms with Gasteiger partial charge in [0.25, 0.3) is 5.91 Å². The average molecular weight is 560 g/mol. The number of hydrogen-bond donors (Lipinski definition) is 1. The number of nitrogens with zero attached hydrogens (tertiary/aromatic N) is 3. The second-order valence-electron chi connectivity index (χ2n) is 8.63. The van der Waals surface area contributed by atoms with Gasteiger partial charge in [-0.3, -0.25) is 14.5 Å². The smallest absolute Gasteiger partial charge is 0.296 e. The Morgan fingerprint density at radius 1 is 1.08 bits per heavy atom. The number of halogens is 1. The van der Waals surface area contributed by atoms with E-state index in [1.54, 1.807) is 30.3 Å². The number of aromatic nitrogens is 2. The van der Waals surface area contributed by atoms with Crippen LogP contribution in [0.5, 0.6) is 0 Å². The van der Waals surface area contributed by atoms with Crippen molar-refractivity contribution >= 4 is 57.6 Å². The number of ketones is 1. The number of aryl methyl sites for hydroxylation is 1. The highest BCUT2D eigenvalue weighted by atomic mass is 35.5. The van der Waals surface area contributed by atoms with Crippen molar-refractivity contribution in [2.75, 3.05) is 4.90 Å². The largest absolute Gasteiger partial charge is 0.503 e. The quantitative estimate of drug-likeness (QED) is 0.142. The van der Waals surface area contributed by atoms with E-state index >= 15 is 0 Å². The molecule has 1 aliphatic heterocycles. The number of benzene rings is 3. The van der Waals surface area contributed by atoms with Gasteiger partial charge in [0.15, 0.2) is 15.9 Å². The standard InChI is InChI=1S/C29H22ClN3O3S2/c1-18-10-12-20(13-11-18)17-37-29-32-31-28(38-29)33-25(21-8-5-9-22(30)16-21)24(26(35)27(33)36)23(34)15-14-19-6-3-2-4-7-19/h2-16,25,35H,17H2,1H3/b15-14+. The summed E-state index contributed by atoms with van der Waals surface area (Å²) in [5.74, 6) is -1.11. The molecule has 4 aromatic rings.